The lowest BCUT2D eigenvalue weighted by Crippen LogP contribution is -2.33. The van der Waals surface area contributed by atoms with Crippen molar-refractivity contribution in [2.75, 3.05) is 0 Å². The number of carbonyl (C=O) groups excluding carboxylic acids is 1. The van der Waals surface area contributed by atoms with E-state index in [0.717, 1.165) is 35.5 Å². The van der Waals surface area contributed by atoms with Gasteiger partial charge in [0.2, 0.25) is 5.91 Å². The Kier molecular flexibility index (Phi) is 4.27. The summed E-state index contributed by atoms with van der Waals surface area (Å²) in [5.74, 6) is 0.116. The summed E-state index contributed by atoms with van der Waals surface area (Å²) in [6.45, 7) is 4.01. The molecule has 0 bridgehead atoms. The minimum Gasteiger partial charge on any atom is -0.353 e. The molecule has 4 nitrogen and oxygen atoms in total. The Bertz CT molecular complexity index is 654. The fourth-order valence-electron chi connectivity index (χ4n) is 3.26. The lowest BCUT2D eigenvalue weighted by Gasteiger charge is -2.12. The molecule has 1 aromatic carbocycles. The second kappa shape index (κ2) is 6.34. The third-order valence-corrected chi connectivity index (χ3v) is 4.50. The third kappa shape index (κ3) is 3.06. The Morgan fingerprint density at radius 3 is 2.59 bits per heavy atom. The van der Waals surface area contributed by atoms with Gasteiger partial charge in [-0.25, -0.2) is 4.68 Å². The molecule has 0 radical (unpaired) electrons. The van der Waals surface area contributed by atoms with Gasteiger partial charge < -0.3 is 5.32 Å². The van der Waals surface area contributed by atoms with Crippen molar-refractivity contribution < 1.29 is 4.79 Å². The highest BCUT2D eigenvalue weighted by atomic mass is 16.1. The molecule has 1 N–H and O–H groups in total. The van der Waals surface area contributed by atoms with Crippen LogP contribution in [0.25, 0.3) is 5.69 Å². The minimum atomic E-state index is 0.116. The number of benzene rings is 1. The molecule has 4 heteroatoms. The van der Waals surface area contributed by atoms with Crippen molar-refractivity contribution in [3.8, 4) is 5.69 Å². The molecule has 1 saturated carbocycles. The quantitative estimate of drug-likeness (QED) is 0.942. The van der Waals surface area contributed by atoms with Gasteiger partial charge in [0.1, 0.15) is 0 Å². The zero-order chi connectivity index (χ0) is 15.5. The molecule has 0 unspecified atom stereocenters. The number of hydrogen-bond acceptors (Lipinski definition) is 2. The molecule has 1 aromatic heterocycles. The number of hydrogen-bond donors (Lipinski definition) is 1. The van der Waals surface area contributed by atoms with Gasteiger partial charge in [0.05, 0.1) is 17.8 Å². The first kappa shape index (κ1) is 14.8. The average molecular weight is 297 g/mol. The number of nitrogens with one attached hydrogen (secondary N) is 1. The van der Waals surface area contributed by atoms with Crippen molar-refractivity contribution in [3.05, 3.63) is 47.3 Å². The van der Waals surface area contributed by atoms with E-state index >= 15 is 0 Å². The molecular formula is C18H23N3O. The van der Waals surface area contributed by atoms with Gasteiger partial charge in [-0.15, -0.1) is 0 Å². The highest BCUT2D eigenvalue weighted by Crippen LogP contribution is 2.20. The molecule has 1 aliphatic rings. The van der Waals surface area contributed by atoms with Crippen LogP contribution < -0.4 is 5.32 Å². The van der Waals surface area contributed by atoms with Gasteiger partial charge in [-0.2, -0.15) is 5.10 Å². The second-order valence-electron chi connectivity index (χ2n) is 6.12. The van der Waals surface area contributed by atoms with Gasteiger partial charge >= 0.3 is 0 Å². The number of amides is 1. The van der Waals surface area contributed by atoms with Crippen LogP contribution in [0.5, 0.6) is 0 Å². The summed E-state index contributed by atoms with van der Waals surface area (Å²) in [5, 5.41) is 7.76. The van der Waals surface area contributed by atoms with Gasteiger partial charge in [0.15, 0.2) is 0 Å². The topological polar surface area (TPSA) is 46.9 Å². The molecule has 1 fully saturated rings. The predicted octanol–water partition coefficient (Wildman–Crippen LogP) is 3.09. The SMILES string of the molecule is Cc1nn(-c2ccccc2)c(C)c1CC(=O)NC1CCCC1. The maximum atomic E-state index is 12.3. The third-order valence-electron chi connectivity index (χ3n) is 4.50. The van der Waals surface area contributed by atoms with E-state index in [2.05, 4.69) is 10.4 Å². The van der Waals surface area contributed by atoms with Crippen LogP contribution in [0.2, 0.25) is 0 Å². The van der Waals surface area contributed by atoms with Crippen LogP contribution in [-0.4, -0.2) is 21.7 Å². The van der Waals surface area contributed by atoms with Crippen LogP contribution in [0.4, 0.5) is 0 Å². The summed E-state index contributed by atoms with van der Waals surface area (Å²) < 4.78 is 1.92. The largest absolute Gasteiger partial charge is 0.353 e. The van der Waals surface area contributed by atoms with E-state index in [0.29, 0.717) is 12.5 Å². The molecule has 3 rings (SSSR count). The van der Waals surface area contributed by atoms with Crippen molar-refractivity contribution in [1.29, 1.82) is 0 Å². The molecule has 116 valence electrons. The maximum Gasteiger partial charge on any atom is 0.224 e. The molecule has 1 heterocycles. The van der Waals surface area contributed by atoms with E-state index in [9.17, 15) is 4.79 Å². The van der Waals surface area contributed by atoms with Crippen LogP contribution in [-0.2, 0) is 11.2 Å². The van der Waals surface area contributed by atoms with Crippen molar-refractivity contribution in [2.45, 2.75) is 52.0 Å². The number of aryl methyl sites for hydroxylation is 1. The fraction of sp³-hybridized carbons (Fsp3) is 0.444. The molecule has 0 saturated heterocycles. The van der Waals surface area contributed by atoms with Crippen LogP contribution in [0, 0.1) is 13.8 Å². The Morgan fingerprint density at radius 1 is 1.23 bits per heavy atom. The first-order chi connectivity index (χ1) is 10.6. The standard InChI is InChI=1S/C18H23N3O/c1-13-17(12-18(22)19-15-8-6-7-9-15)14(2)21(20-13)16-10-4-3-5-11-16/h3-5,10-11,15H,6-9,12H2,1-2H3,(H,19,22). The van der Waals surface area contributed by atoms with Crippen LogP contribution >= 0.6 is 0 Å². The Labute approximate surface area is 131 Å². The average Bonchev–Trinajstić information content (AvgIpc) is 3.11. The van der Waals surface area contributed by atoms with Gasteiger partial charge in [0.25, 0.3) is 0 Å². The Hall–Kier alpha value is -2.10. The summed E-state index contributed by atoms with van der Waals surface area (Å²) in [4.78, 5) is 12.3. The molecule has 0 atom stereocenters. The molecule has 22 heavy (non-hydrogen) atoms. The predicted molar refractivity (Wildman–Crippen MR) is 87.1 cm³/mol. The monoisotopic (exact) mass is 297 g/mol. The summed E-state index contributed by atoms with van der Waals surface area (Å²) in [6, 6.07) is 10.4. The lowest BCUT2D eigenvalue weighted by atomic mass is 10.1. The van der Waals surface area contributed by atoms with Crippen molar-refractivity contribution >= 4 is 5.91 Å². The molecule has 1 aliphatic carbocycles. The minimum absolute atomic E-state index is 0.116. The van der Waals surface area contributed by atoms with E-state index in [1.165, 1.54) is 12.8 Å². The second-order valence-corrected chi connectivity index (χ2v) is 6.12. The number of para-hydroxylation sites is 1. The van der Waals surface area contributed by atoms with Crippen LogP contribution in [0.1, 0.15) is 42.6 Å². The molecular weight excluding hydrogens is 274 g/mol. The lowest BCUT2D eigenvalue weighted by molar-refractivity contribution is -0.121. The van der Waals surface area contributed by atoms with Gasteiger partial charge in [0, 0.05) is 17.3 Å². The normalized spacial score (nSPS) is 15.2. The van der Waals surface area contributed by atoms with E-state index in [4.69, 9.17) is 0 Å². The number of nitrogens with zero attached hydrogens (tertiary/aromatic N) is 2. The number of rotatable bonds is 4. The van der Waals surface area contributed by atoms with Gasteiger partial charge in [-0.3, -0.25) is 4.79 Å². The Morgan fingerprint density at radius 2 is 1.91 bits per heavy atom. The zero-order valence-corrected chi connectivity index (χ0v) is 13.3. The molecule has 2 aromatic rings. The van der Waals surface area contributed by atoms with Crippen LogP contribution in [0.3, 0.4) is 0 Å². The van der Waals surface area contributed by atoms with Crippen molar-refractivity contribution in [2.24, 2.45) is 0 Å². The summed E-state index contributed by atoms with van der Waals surface area (Å²) in [7, 11) is 0. The van der Waals surface area contributed by atoms with E-state index in [1.54, 1.807) is 0 Å². The number of aromatic nitrogens is 2. The van der Waals surface area contributed by atoms with Gasteiger partial charge in [-0.05, 0) is 38.8 Å². The van der Waals surface area contributed by atoms with Gasteiger partial charge in [-0.1, -0.05) is 31.0 Å². The highest BCUT2D eigenvalue weighted by molar-refractivity contribution is 5.79. The first-order valence-electron chi connectivity index (χ1n) is 8.05. The van der Waals surface area contributed by atoms with E-state index in [-0.39, 0.29) is 5.91 Å². The highest BCUT2D eigenvalue weighted by Gasteiger charge is 2.20. The van der Waals surface area contributed by atoms with Crippen molar-refractivity contribution in [3.63, 3.8) is 0 Å². The number of carbonyl (C=O) groups is 1. The molecule has 0 aliphatic heterocycles. The maximum absolute atomic E-state index is 12.3. The summed E-state index contributed by atoms with van der Waals surface area (Å²) in [5.41, 5.74) is 4.05. The smallest absolute Gasteiger partial charge is 0.224 e. The fourth-order valence-corrected chi connectivity index (χ4v) is 3.26. The van der Waals surface area contributed by atoms with Crippen molar-refractivity contribution in [1.82, 2.24) is 15.1 Å². The van der Waals surface area contributed by atoms with E-state index < -0.39 is 0 Å². The van der Waals surface area contributed by atoms with E-state index in [1.807, 2.05) is 48.9 Å². The molecule has 1 amide bonds. The van der Waals surface area contributed by atoms with Crippen LogP contribution in [0.15, 0.2) is 30.3 Å². The Balaban J connectivity index is 1.76. The zero-order valence-electron chi connectivity index (χ0n) is 13.3. The first-order valence-corrected chi connectivity index (χ1v) is 8.05. The summed E-state index contributed by atoms with van der Waals surface area (Å²) in [6.07, 6.45) is 5.12. The molecule has 0 spiro atoms. The summed E-state index contributed by atoms with van der Waals surface area (Å²) >= 11 is 0.